The molecule has 2 aliphatic rings. The molecule has 2 nitrogen and oxygen atoms in total. The van der Waals surface area contributed by atoms with Crippen molar-refractivity contribution in [2.75, 3.05) is 11.4 Å². The van der Waals surface area contributed by atoms with Crippen LogP contribution in [0.5, 0.6) is 0 Å². The second-order valence-electron chi connectivity index (χ2n) is 6.00. The standard InChI is InChI=1S/C21H19NOS/c1-2-22-18-9-5-6-10-19(18)24-20(22)14-13-16-12-11-15-7-3-4-8-17(15)21(16)23/h3-10,13-14H,2,11-12H2,1H3. The van der Waals surface area contributed by atoms with Crippen LogP contribution in [0.4, 0.5) is 5.69 Å². The van der Waals surface area contributed by atoms with E-state index in [-0.39, 0.29) is 5.78 Å². The molecule has 120 valence electrons. The van der Waals surface area contributed by atoms with Crippen molar-refractivity contribution in [2.24, 2.45) is 0 Å². The van der Waals surface area contributed by atoms with E-state index in [9.17, 15) is 4.79 Å². The van der Waals surface area contributed by atoms with Crippen LogP contribution < -0.4 is 4.90 Å². The molecule has 0 amide bonds. The molecule has 4 rings (SSSR count). The Hall–Kier alpha value is -2.26. The van der Waals surface area contributed by atoms with Crippen molar-refractivity contribution in [1.29, 1.82) is 0 Å². The van der Waals surface area contributed by atoms with Gasteiger partial charge in [0.15, 0.2) is 5.78 Å². The lowest BCUT2D eigenvalue weighted by atomic mass is 9.87. The van der Waals surface area contributed by atoms with Crippen LogP contribution >= 0.6 is 11.8 Å². The predicted octanol–water partition coefficient (Wildman–Crippen LogP) is 5.22. The molecule has 0 bridgehead atoms. The number of allylic oxidation sites excluding steroid dienone is 3. The number of nitrogens with zero attached hydrogens (tertiary/aromatic N) is 1. The molecule has 0 spiro atoms. The number of rotatable bonds is 2. The van der Waals surface area contributed by atoms with Gasteiger partial charge in [-0.15, -0.1) is 0 Å². The highest BCUT2D eigenvalue weighted by Crippen LogP contribution is 2.45. The molecule has 1 aliphatic heterocycles. The summed E-state index contributed by atoms with van der Waals surface area (Å²) in [6.45, 7) is 3.08. The van der Waals surface area contributed by atoms with Crippen molar-refractivity contribution in [1.82, 2.24) is 0 Å². The van der Waals surface area contributed by atoms with Gasteiger partial charge in [0.05, 0.1) is 10.7 Å². The fraction of sp³-hybridized carbons (Fsp3) is 0.190. The zero-order valence-electron chi connectivity index (χ0n) is 13.7. The molecule has 2 aromatic carbocycles. The van der Waals surface area contributed by atoms with Crippen molar-refractivity contribution in [3.63, 3.8) is 0 Å². The maximum absolute atomic E-state index is 12.7. The number of carbonyl (C=O) groups excluding carboxylic acids is 1. The first kappa shape index (κ1) is 15.3. The first-order valence-electron chi connectivity index (χ1n) is 8.36. The summed E-state index contributed by atoms with van der Waals surface area (Å²) in [6.07, 6.45) is 5.90. The van der Waals surface area contributed by atoms with Gasteiger partial charge in [0.2, 0.25) is 0 Å². The highest BCUT2D eigenvalue weighted by Gasteiger charge is 2.24. The third-order valence-electron chi connectivity index (χ3n) is 4.60. The molecule has 0 atom stereocenters. The van der Waals surface area contributed by atoms with Crippen molar-refractivity contribution < 1.29 is 4.79 Å². The van der Waals surface area contributed by atoms with Crippen LogP contribution in [0, 0.1) is 0 Å². The second-order valence-corrected chi connectivity index (χ2v) is 7.06. The normalized spacial score (nSPS) is 19.7. The Kier molecular flexibility index (Phi) is 4.03. The highest BCUT2D eigenvalue weighted by atomic mass is 32.2. The Labute approximate surface area is 146 Å². The fourth-order valence-corrected chi connectivity index (χ4v) is 4.48. The highest BCUT2D eigenvalue weighted by molar-refractivity contribution is 8.03. The van der Waals surface area contributed by atoms with E-state index in [1.807, 2.05) is 24.3 Å². The molecule has 0 saturated heterocycles. The van der Waals surface area contributed by atoms with Gasteiger partial charge in [0.1, 0.15) is 0 Å². The first-order valence-corrected chi connectivity index (χ1v) is 9.17. The SMILES string of the molecule is CCN1C(=CC=C2CCc3ccccc3C2=O)Sc2ccccc21. The summed E-state index contributed by atoms with van der Waals surface area (Å²) in [5.74, 6) is 0.178. The predicted molar refractivity (Wildman–Crippen MR) is 101 cm³/mol. The van der Waals surface area contributed by atoms with Crippen molar-refractivity contribution >= 4 is 23.2 Å². The van der Waals surface area contributed by atoms with Crippen molar-refractivity contribution in [3.05, 3.63) is 82.4 Å². The van der Waals surface area contributed by atoms with Crippen LogP contribution in [0.25, 0.3) is 0 Å². The summed E-state index contributed by atoms with van der Waals surface area (Å²) in [5, 5.41) is 1.19. The largest absolute Gasteiger partial charge is 0.335 e. The molecular weight excluding hydrogens is 314 g/mol. The van der Waals surface area contributed by atoms with Crippen LogP contribution in [0.3, 0.4) is 0 Å². The summed E-state index contributed by atoms with van der Waals surface area (Å²) < 4.78 is 0. The number of carbonyl (C=O) groups is 1. The van der Waals surface area contributed by atoms with Gasteiger partial charge in [-0.05, 0) is 43.5 Å². The fourth-order valence-electron chi connectivity index (χ4n) is 3.35. The minimum absolute atomic E-state index is 0.178. The number of fused-ring (bicyclic) bond motifs is 2. The molecule has 0 N–H and O–H groups in total. The van der Waals surface area contributed by atoms with E-state index in [0.29, 0.717) is 0 Å². The second kappa shape index (κ2) is 6.33. The van der Waals surface area contributed by atoms with Gasteiger partial charge in [-0.1, -0.05) is 54.2 Å². The molecule has 0 radical (unpaired) electrons. The van der Waals surface area contributed by atoms with Crippen LogP contribution in [0.15, 0.2) is 76.2 Å². The van der Waals surface area contributed by atoms with Crippen LogP contribution in [-0.4, -0.2) is 12.3 Å². The minimum Gasteiger partial charge on any atom is -0.335 e. The van der Waals surface area contributed by atoms with Gasteiger partial charge in [-0.3, -0.25) is 4.79 Å². The molecule has 3 heteroatoms. The summed E-state index contributed by atoms with van der Waals surface area (Å²) in [7, 11) is 0. The maximum Gasteiger partial charge on any atom is 0.189 e. The number of aryl methyl sites for hydroxylation is 1. The molecule has 0 aromatic heterocycles. The molecule has 24 heavy (non-hydrogen) atoms. The van der Waals surface area contributed by atoms with Crippen LogP contribution in [-0.2, 0) is 6.42 Å². The van der Waals surface area contributed by atoms with Gasteiger partial charge in [0.25, 0.3) is 0 Å². The molecule has 2 aromatic rings. The number of hydrogen-bond acceptors (Lipinski definition) is 3. The number of thioether (sulfide) groups is 1. The molecule has 1 aliphatic carbocycles. The van der Waals surface area contributed by atoms with Gasteiger partial charge in [-0.25, -0.2) is 0 Å². The lowest BCUT2D eigenvalue weighted by Crippen LogP contribution is -2.16. The molecule has 0 fully saturated rings. The monoisotopic (exact) mass is 333 g/mol. The Bertz CT molecular complexity index is 866. The van der Waals surface area contributed by atoms with Crippen molar-refractivity contribution in [3.8, 4) is 0 Å². The van der Waals surface area contributed by atoms with Gasteiger partial charge in [0, 0.05) is 22.6 Å². The number of Topliss-reactive ketones (excluding diaryl/α,β-unsaturated/α-hetero) is 1. The summed E-state index contributed by atoms with van der Waals surface area (Å²) in [6, 6.07) is 16.4. The van der Waals surface area contributed by atoms with Crippen molar-refractivity contribution in [2.45, 2.75) is 24.7 Å². The molecule has 0 unspecified atom stereocenters. The van der Waals surface area contributed by atoms with E-state index >= 15 is 0 Å². The van der Waals surface area contributed by atoms with E-state index < -0.39 is 0 Å². The van der Waals surface area contributed by atoms with E-state index in [4.69, 9.17) is 0 Å². The third kappa shape index (κ3) is 2.59. The van der Waals surface area contributed by atoms with E-state index in [2.05, 4.69) is 48.2 Å². The van der Waals surface area contributed by atoms with E-state index in [1.165, 1.54) is 21.2 Å². The Morgan fingerprint density at radius 2 is 1.83 bits per heavy atom. The lowest BCUT2D eigenvalue weighted by Gasteiger charge is -2.18. The van der Waals surface area contributed by atoms with E-state index in [0.717, 1.165) is 30.5 Å². The smallest absolute Gasteiger partial charge is 0.189 e. The van der Waals surface area contributed by atoms with Gasteiger partial charge < -0.3 is 4.90 Å². The zero-order valence-corrected chi connectivity index (χ0v) is 14.5. The summed E-state index contributed by atoms with van der Waals surface area (Å²) in [4.78, 5) is 16.3. The zero-order chi connectivity index (χ0) is 16.5. The average Bonchev–Trinajstić information content (AvgIpc) is 2.99. The Morgan fingerprint density at radius 3 is 2.71 bits per heavy atom. The Morgan fingerprint density at radius 1 is 1.04 bits per heavy atom. The first-order chi connectivity index (χ1) is 11.8. The Balaban J connectivity index is 1.64. The summed E-state index contributed by atoms with van der Waals surface area (Å²) in [5.41, 5.74) is 4.21. The number of ketones is 1. The lowest BCUT2D eigenvalue weighted by molar-refractivity contribution is 0.102. The average molecular weight is 333 g/mol. The van der Waals surface area contributed by atoms with Crippen LogP contribution in [0.1, 0.15) is 29.3 Å². The number of benzene rings is 2. The van der Waals surface area contributed by atoms with Gasteiger partial charge in [-0.2, -0.15) is 0 Å². The molecule has 0 saturated carbocycles. The van der Waals surface area contributed by atoms with Crippen LogP contribution in [0.2, 0.25) is 0 Å². The quantitative estimate of drug-likeness (QED) is 0.703. The van der Waals surface area contributed by atoms with E-state index in [1.54, 1.807) is 11.8 Å². The summed E-state index contributed by atoms with van der Waals surface area (Å²) >= 11 is 1.78. The third-order valence-corrected chi connectivity index (χ3v) is 5.73. The molecule has 1 heterocycles. The number of anilines is 1. The maximum atomic E-state index is 12.7. The number of para-hydroxylation sites is 1. The minimum atomic E-state index is 0.178. The number of hydrogen-bond donors (Lipinski definition) is 0. The topological polar surface area (TPSA) is 20.3 Å². The van der Waals surface area contributed by atoms with Gasteiger partial charge >= 0.3 is 0 Å². The molecular formula is C21H19NOS.